The second-order valence-electron chi connectivity index (χ2n) is 7.91. The van der Waals surface area contributed by atoms with Crippen molar-refractivity contribution in [2.75, 3.05) is 17.4 Å². The summed E-state index contributed by atoms with van der Waals surface area (Å²) in [4.78, 5) is 13.1. The van der Waals surface area contributed by atoms with Crippen molar-refractivity contribution in [1.82, 2.24) is 5.32 Å². The number of hydrogen-bond donors (Lipinski definition) is 1. The number of sulfonamides is 1. The summed E-state index contributed by atoms with van der Waals surface area (Å²) in [5.74, 6) is 0.0347. The summed E-state index contributed by atoms with van der Waals surface area (Å²) in [7, 11) is -3.89. The van der Waals surface area contributed by atoms with E-state index < -0.39 is 16.1 Å². The Bertz CT molecular complexity index is 1230. The summed E-state index contributed by atoms with van der Waals surface area (Å²) >= 11 is 0. The molecule has 0 bridgehead atoms. The van der Waals surface area contributed by atoms with Gasteiger partial charge in [-0.05, 0) is 55.2 Å². The van der Waals surface area contributed by atoms with Gasteiger partial charge in [0.1, 0.15) is 5.75 Å². The third-order valence-corrected chi connectivity index (χ3v) is 7.42. The van der Waals surface area contributed by atoms with E-state index in [1.807, 2.05) is 43.3 Å². The van der Waals surface area contributed by atoms with Crippen LogP contribution in [0.1, 0.15) is 16.7 Å². The molecule has 1 heterocycles. The zero-order valence-corrected chi connectivity index (χ0v) is 18.9. The zero-order valence-electron chi connectivity index (χ0n) is 18.1. The van der Waals surface area contributed by atoms with Crippen LogP contribution in [0.5, 0.6) is 5.75 Å². The average Bonchev–Trinajstić information content (AvgIpc) is 2.80. The number of benzene rings is 3. The van der Waals surface area contributed by atoms with Crippen LogP contribution in [0.25, 0.3) is 0 Å². The van der Waals surface area contributed by atoms with Crippen molar-refractivity contribution in [3.8, 4) is 5.75 Å². The lowest BCUT2D eigenvalue weighted by Crippen LogP contribution is -2.51. The molecule has 3 aromatic rings. The summed E-state index contributed by atoms with van der Waals surface area (Å²) in [6.07, 6.45) is -0.263. The fraction of sp³-hybridized carbons (Fsp3) is 0.240. The van der Waals surface area contributed by atoms with E-state index in [0.29, 0.717) is 30.0 Å². The highest BCUT2D eigenvalue weighted by atomic mass is 32.2. The van der Waals surface area contributed by atoms with E-state index >= 15 is 0 Å². The van der Waals surface area contributed by atoms with Crippen molar-refractivity contribution in [3.05, 3.63) is 89.5 Å². The van der Waals surface area contributed by atoms with Crippen LogP contribution >= 0.6 is 0 Å². The molecule has 6 nitrogen and oxygen atoms in total. The molecule has 0 saturated heterocycles. The number of carbonyl (C=O) groups excluding carboxylic acids is 1. The van der Waals surface area contributed by atoms with E-state index in [4.69, 9.17) is 4.74 Å². The number of hydrogen-bond acceptors (Lipinski definition) is 4. The lowest BCUT2D eigenvalue weighted by Gasteiger charge is -2.35. The topological polar surface area (TPSA) is 75.7 Å². The predicted molar refractivity (Wildman–Crippen MR) is 124 cm³/mol. The zero-order chi connectivity index (χ0) is 22.7. The van der Waals surface area contributed by atoms with E-state index in [9.17, 15) is 13.2 Å². The maximum atomic E-state index is 13.6. The summed E-state index contributed by atoms with van der Waals surface area (Å²) in [5.41, 5.74) is 3.05. The first-order valence-electron chi connectivity index (χ1n) is 10.5. The van der Waals surface area contributed by atoms with Crippen molar-refractivity contribution in [2.45, 2.75) is 31.3 Å². The van der Waals surface area contributed by atoms with Crippen LogP contribution in [0.15, 0.2) is 77.7 Å². The van der Waals surface area contributed by atoms with Crippen LogP contribution in [-0.2, 0) is 21.2 Å². The molecule has 1 atom stereocenters. The second-order valence-corrected chi connectivity index (χ2v) is 9.74. The maximum Gasteiger partial charge on any atom is 0.264 e. The molecule has 0 fully saturated rings. The molecule has 1 N–H and O–H groups in total. The van der Waals surface area contributed by atoms with E-state index in [0.717, 1.165) is 11.1 Å². The number of ether oxygens (including phenoxy) is 1. The monoisotopic (exact) mass is 450 g/mol. The van der Waals surface area contributed by atoms with Gasteiger partial charge >= 0.3 is 0 Å². The highest BCUT2D eigenvalue weighted by molar-refractivity contribution is 7.93. The van der Waals surface area contributed by atoms with Crippen LogP contribution < -0.4 is 14.4 Å². The third kappa shape index (κ3) is 4.48. The molecule has 0 aromatic heterocycles. The molecule has 166 valence electrons. The second kappa shape index (κ2) is 9.04. The standard InChI is InChI=1S/C25H26N2O4S/c1-18-12-13-19(2)24(16-18)32(29,30)27-17-23(31-22-11-7-6-10-21(22)27)25(28)26-15-14-20-8-4-3-5-9-20/h3-13,16,23H,14-15,17H2,1-2H3,(H,26,28). The Morgan fingerprint density at radius 3 is 2.53 bits per heavy atom. The minimum atomic E-state index is -3.89. The van der Waals surface area contributed by atoms with Gasteiger partial charge in [0.25, 0.3) is 15.9 Å². The van der Waals surface area contributed by atoms with Crippen LogP contribution in [0.3, 0.4) is 0 Å². The normalized spacial score (nSPS) is 15.6. The number of para-hydroxylation sites is 2. The Hall–Kier alpha value is -3.32. The molecule has 0 radical (unpaired) electrons. The molecule has 0 spiro atoms. The number of nitrogens with one attached hydrogen (secondary N) is 1. The SMILES string of the molecule is Cc1ccc(C)c(S(=O)(=O)N2CC(C(=O)NCCc3ccccc3)Oc3ccccc32)c1. The highest BCUT2D eigenvalue weighted by Gasteiger charge is 2.37. The van der Waals surface area contributed by atoms with Gasteiger partial charge in [-0.25, -0.2) is 8.42 Å². The minimum absolute atomic E-state index is 0.0934. The summed E-state index contributed by atoms with van der Waals surface area (Å²) in [6, 6.07) is 22.1. The van der Waals surface area contributed by atoms with Crippen LogP contribution in [0, 0.1) is 13.8 Å². The van der Waals surface area contributed by atoms with Gasteiger partial charge in [-0.2, -0.15) is 0 Å². The molecular formula is C25H26N2O4S. The van der Waals surface area contributed by atoms with Gasteiger partial charge in [0.05, 0.1) is 17.1 Å². The van der Waals surface area contributed by atoms with Gasteiger partial charge in [0, 0.05) is 6.54 Å². The summed E-state index contributed by atoms with van der Waals surface area (Å²) in [5, 5.41) is 2.88. The predicted octanol–water partition coefficient (Wildman–Crippen LogP) is 3.62. The number of fused-ring (bicyclic) bond motifs is 1. The Balaban J connectivity index is 1.58. The average molecular weight is 451 g/mol. The molecule has 1 unspecified atom stereocenters. The Morgan fingerprint density at radius 2 is 1.75 bits per heavy atom. The van der Waals surface area contributed by atoms with Gasteiger partial charge in [0.15, 0.2) is 6.10 Å². The molecule has 0 saturated carbocycles. The molecule has 0 aliphatic carbocycles. The van der Waals surface area contributed by atoms with Gasteiger partial charge in [-0.1, -0.05) is 54.6 Å². The van der Waals surface area contributed by atoms with E-state index in [2.05, 4.69) is 5.32 Å². The van der Waals surface area contributed by atoms with Crippen LogP contribution in [-0.4, -0.2) is 33.5 Å². The largest absolute Gasteiger partial charge is 0.476 e. The molecule has 4 rings (SSSR count). The van der Waals surface area contributed by atoms with Crippen molar-refractivity contribution in [2.24, 2.45) is 0 Å². The molecule has 7 heteroatoms. The van der Waals surface area contributed by atoms with Gasteiger partial charge in [-0.3, -0.25) is 9.10 Å². The third-order valence-electron chi connectivity index (χ3n) is 5.49. The number of carbonyl (C=O) groups is 1. The van der Waals surface area contributed by atoms with Crippen molar-refractivity contribution in [1.29, 1.82) is 0 Å². The molecule has 1 aliphatic heterocycles. The first-order chi connectivity index (χ1) is 15.4. The fourth-order valence-electron chi connectivity index (χ4n) is 3.76. The highest BCUT2D eigenvalue weighted by Crippen LogP contribution is 2.37. The quantitative estimate of drug-likeness (QED) is 0.622. The Kier molecular flexibility index (Phi) is 6.19. The number of aryl methyl sites for hydroxylation is 2. The Morgan fingerprint density at radius 1 is 1.03 bits per heavy atom. The lowest BCUT2D eigenvalue weighted by atomic mass is 10.1. The minimum Gasteiger partial charge on any atom is -0.476 e. The van der Waals surface area contributed by atoms with Crippen molar-refractivity contribution < 1.29 is 17.9 Å². The molecular weight excluding hydrogens is 424 g/mol. The molecule has 32 heavy (non-hydrogen) atoms. The number of amides is 1. The van der Waals surface area contributed by atoms with E-state index in [1.165, 1.54) is 4.31 Å². The molecule has 1 aliphatic rings. The van der Waals surface area contributed by atoms with E-state index in [1.54, 1.807) is 43.3 Å². The number of anilines is 1. The van der Waals surface area contributed by atoms with Crippen LogP contribution in [0.4, 0.5) is 5.69 Å². The first-order valence-corrected chi connectivity index (χ1v) is 12.0. The molecule has 3 aromatic carbocycles. The smallest absolute Gasteiger partial charge is 0.264 e. The summed E-state index contributed by atoms with van der Waals surface area (Å²) in [6.45, 7) is 3.97. The van der Waals surface area contributed by atoms with Crippen molar-refractivity contribution in [3.63, 3.8) is 0 Å². The van der Waals surface area contributed by atoms with Crippen molar-refractivity contribution >= 4 is 21.6 Å². The number of rotatable bonds is 6. The van der Waals surface area contributed by atoms with Gasteiger partial charge < -0.3 is 10.1 Å². The summed E-state index contributed by atoms with van der Waals surface area (Å²) < 4.78 is 34.4. The van der Waals surface area contributed by atoms with Crippen LogP contribution in [0.2, 0.25) is 0 Å². The van der Waals surface area contributed by atoms with Gasteiger partial charge in [-0.15, -0.1) is 0 Å². The Labute approximate surface area is 188 Å². The van der Waals surface area contributed by atoms with E-state index in [-0.39, 0.29) is 17.3 Å². The number of nitrogens with zero attached hydrogens (tertiary/aromatic N) is 1. The molecule has 1 amide bonds. The maximum absolute atomic E-state index is 13.6. The lowest BCUT2D eigenvalue weighted by molar-refractivity contribution is -0.127. The first kappa shape index (κ1) is 21.9. The fourth-order valence-corrected chi connectivity index (χ4v) is 5.55. The van der Waals surface area contributed by atoms with Gasteiger partial charge in [0.2, 0.25) is 0 Å².